The van der Waals surface area contributed by atoms with E-state index in [0.29, 0.717) is 11.4 Å². The average Bonchev–Trinajstić information content (AvgIpc) is 3.53. The Bertz CT molecular complexity index is 1510. The molecule has 1 aliphatic rings. The van der Waals surface area contributed by atoms with Crippen LogP contribution in [0.3, 0.4) is 0 Å². The highest BCUT2D eigenvalue weighted by Crippen LogP contribution is 2.37. The molecule has 0 spiro atoms. The molecule has 0 N–H and O–H groups in total. The normalized spacial score (nSPS) is 18.4. The summed E-state index contributed by atoms with van der Waals surface area (Å²) in [4.78, 5) is 29.2. The maximum absolute atomic E-state index is 13.8. The summed E-state index contributed by atoms with van der Waals surface area (Å²) in [6.45, 7) is 8.67. The Morgan fingerprint density at radius 1 is 1.00 bits per heavy atom. The van der Waals surface area contributed by atoms with Gasteiger partial charge in [0.05, 0.1) is 5.52 Å². The largest absolute Gasteiger partial charge is 0.460 e. The Labute approximate surface area is 246 Å². The fourth-order valence-corrected chi connectivity index (χ4v) is 5.95. The number of ether oxygens (including phenoxy) is 2. The van der Waals surface area contributed by atoms with Crippen molar-refractivity contribution in [2.45, 2.75) is 64.8 Å². The molecular formula is C34H37ClN2O4. The van der Waals surface area contributed by atoms with Gasteiger partial charge in [-0.1, -0.05) is 72.3 Å². The first-order chi connectivity index (χ1) is 19.6. The molecule has 41 heavy (non-hydrogen) atoms. The van der Waals surface area contributed by atoms with Gasteiger partial charge in [0.15, 0.2) is 0 Å². The third kappa shape index (κ3) is 6.66. The predicted molar refractivity (Wildman–Crippen MR) is 162 cm³/mol. The van der Waals surface area contributed by atoms with E-state index in [1.807, 2.05) is 87.6 Å². The quantitative estimate of drug-likeness (QED) is 0.211. The molecule has 6 nitrogen and oxygen atoms in total. The van der Waals surface area contributed by atoms with Crippen LogP contribution in [0.25, 0.3) is 10.9 Å². The van der Waals surface area contributed by atoms with Crippen LogP contribution in [0.15, 0.2) is 85.1 Å². The average molecular weight is 573 g/mol. The van der Waals surface area contributed by atoms with Crippen molar-refractivity contribution in [1.29, 1.82) is 0 Å². The van der Waals surface area contributed by atoms with Gasteiger partial charge in [0.25, 0.3) is 0 Å². The molecule has 4 aromatic rings. The lowest BCUT2D eigenvalue weighted by atomic mass is 9.91. The molecule has 0 bridgehead atoms. The molecule has 7 heteroatoms. The van der Waals surface area contributed by atoms with E-state index in [1.54, 1.807) is 10.6 Å². The van der Waals surface area contributed by atoms with E-state index in [2.05, 4.69) is 24.0 Å². The van der Waals surface area contributed by atoms with Crippen molar-refractivity contribution in [2.24, 2.45) is 5.92 Å². The first-order valence-electron chi connectivity index (χ1n) is 14.1. The van der Waals surface area contributed by atoms with Crippen LogP contribution in [0.4, 0.5) is 4.79 Å². The number of nitrogens with zero attached hydrogens (tertiary/aromatic N) is 2. The lowest BCUT2D eigenvalue weighted by molar-refractivity contribution is -0.152. The molecule has 1 saturated heterocycles. The molecule has 0 amide bonds. The molecular weight excluding hydrogens is 536 g/mol. The van der Waals surface area contributed by atoms with Crippen LogP contribution in [0.1, 0.15) is 56.8 Å². The van der Waals surface area contributed by atoms with E-state index < -0.39 is 17.7 Å². The highest BCUT2D eigenvalue weighted by Gasteiger charge is 2.43. The minimum absolute atomic E-state index is 0.0129. The Morgan fingerprint density at radius 2 is 1.68 bits per heavy atom. The summed E-state index contributed by atoms with van der Waals surface area (Å²) in [5, 5.41) is 1.47. The lowest BCUT2D eigenvalue weighted by Crippen LogP contribution is -2.42. The highest BCUT2D eigenvalue weighted by molar-refractivity contribution is 6.31. The number of esters is 1. The van der Waals surface area contributed by atoms with E-state index in [-0.39, 0.29) is 24.5 Å². The number of fused-ring (bicyclic) bond motifs is 1. The Morgan fingerprint density at radius 3 is 2.37 bits per heavy atom. The summed E-state index contributed by atoms with van der Waals surface area (Å²) in [7, 11) is 0. The zero-order chi connectivity index (χ0) is 29.1. The second-order valence-electron chi connectivity index (χ2n) is 11.8. The summed E-state index contributed by atoms with van der Waals surface area (Å²) >= 11 is 6.41. The highest BCUT2D eigenvalue weighted by atomic mass is 35.5. The van der Waals surface area contributed by atoms with Gasteiger partial charge in [-0.25, -0.2) is 4.79 Å². The Hall–Kier alpha value is -3.61. The van der Waals surface area contributed by atoms with E-state index in [9.17, 15) is 9.59 Å². The summed E-state index contributed by atoms with van der Waals surface area (Å²) < 4.78 is 13.2. The SMILES string of the molecule is C[C@@H](c1ccccc1)N1CC[C@@H](Cc2cn(C(=O)OC(C)(C)C)c3ccc(Cl)cc23)[C@H]1C(=O)OCc1ccccc1. The minimum Gasteiger partial charge on any atom is -0.460 e. The van der Waals surface area contributed by atoms with Crippen molar-refractivity contribution in [3.05, 3.63) is 107 Å². The standard InChI is InChI=1S/C34H37ClN2O4/c1-23(25-13-9-6-10-14-25)36-18-17-26(31(36)32(38)40-22-24-11-7-5-8-12-24)19-27-21-37(33(39)41-34(2,3)4)30-16-15-28(35)20-29(27)30/h5-16,20-21,23,26,31H,17-19,22H2,1-4H3/t23-,26-,31-/m0/s1. The number of hydrogen-bond acceptors (Lipinski definition) is 5. The van der Waals surface area contributed by atoms with E-state index in [0.717, 1.165) is 40.6 Å². The first-order valence-corrected chi connectivity index (χ1v) is 14.5. The second kappa shape index (κ2) is 12.1. The van der Waals surface area contributed by atoms with Crippen LogP contribution in [0.2, 0.25) is 5.02 Å². The van der Waals surface area contributed by atoms with E-state index >= 15 is 0 Å². The maximum atomic E-state index is 13.8. The van der Waals surface area contributed by atoms with Crippen molar-refractivity contribution in [1.82, 2.24) is 9.47 Å². The number of carbonyl (C=O) groups excluding carboxylic acids is 2. The van der Waals surface area contributed by atoms with Gasteiger partial charge in [0.1, 0.15) is 18.2 Å². The lowest BCUT2D eigenvalue weighted by Gasteiger charge is -2.32. The summed E-state index contributed by atoms with van der Waals surface area (Å²) in [6.07, 6.45) is 2.81. The molecule has 0 unspecified atom stereocenters. The fourth-order valence-electron chi connectivity index (χ4n) is 5.77. The van der Waals surface area contributed by atoms with Gasteiger partial charge in [0, 0.05) is 22.6 Å². The summed E-state index contributed by atoms with van der Waals surface area (Å²) in [5.41, 5.74) is 3.16. The second-order valence-corrected chi connectivity index (χ2v) is 12.2. The van der Waals surface area contributed by atoms with Gasteiger partial charge in [-0.05, 0) is 87.9 Å². The van der Waals surface area contributed by atoms with Crippen molar-refractivity contribution < 1.29 is 19.1 Å². The maximum Gasteiger partial charge on any atom is 0.419 e. The van der Waals surface area contributed by atoms with Crippen molar-refractivity contribution in [3.63, 3.8) is 0 Å². The van der Waals surface area contributed by atoms with Crippen LogP contribution < -0.4 is 0 Å². The van der Waals surface area contributed by atoms with Crippen LogP contribution in [-0.2, 0) is 27.3 Å². The molecule has 1 aromatic heterocycles. The molecule has 3 aromatic carbocycles. The van der Waals surface area contributed by atoms with Gasteiger partial charge in [-0.2, -0.15) is 0 Å². The molecule has 1 fully saturated rings. The van der Waals surface area contributed by atoms with E-state index in [4.69, 9.17) is 21.1 Å². The number of hydrogen-bond donors (Lipinski definition) is 0. The van der Waals surface area contributed by atoms with Crippen molar-refractivity contribution in [3.8, 4) is 0 Å². The molecule has 0 saturated carbocycles. The van der Waals surface area contributed by atoms with Crippen molar-refractivity contribution >= 4 is 34.6 Å². The van der Waals surface area contributed by atoms with Crippen LogP contribution in [-0.4, -0.2) is 39.7 Å². The number of carbonyl (C=O) groups is 2. The smallest absolute Gasteiger partial charge is 0.419 e. The van der Waals surface area contributed by atoms with Crippen LogP contribution >= 0.6 is 11.6 Å². The minimum atomic E-state index is -0.632. The van der Waals surface area contributed by atoms with Gasteiger partial charge in [-0.15, -0.1) is 0 Å². The topological polar surface area (TPSA) is 60.8 Å². The van der Waals surface area contributed by atoms with Crippen LogP contribution in [0.5, 0.6) is 0 Å². The van der Waals surface area contributed by atoms with E-state index in [1.165, 1.54) is 0 Å². The molecule has 1 aliphatic heterocycles. The number of likely N-dealkylation sites (tertiary alicyclic amines) is 1. The third-order valence-corrected chi connectivity index (χ3v) is 7.96. The monoisotopic (exact) mass is 572 g/mol. The molecule has 3 atom stereocenters. The molecule has 0 aliphatic carbocycles. The number of rotatable bonds is 7. The first kappa shape index (κ1) is 28.9. The van der Waals surface area contributed by atoms with Crippen molar-refractivity contribution in [2.75, 3.05) is 6.54 Å². The number of benzene rings is 3. The fraction of sp³-hybridized carbons (Fsp3) is 0.353. The summed E-state index contributed by atoms with van der Waals surface area (Å²) in [5.74, 6) is -0.242. The van der Waals surface area contributed by atoms with Gasteiger partial charge >= 0.3 is 12.1 Å². The van der Waals surface area contributed by atoms with Crippen LogP contribution in [0, 0.1) is 5.92 Å². The Kier molecular flexibility index (Phi) is 8.52. The molecule has 5 rings (SSSR count). The number of halogens is 1. The Balaban J connectivity index is 1.46. The predicted octanol–water partition coefficient (Wildman–Crippen LogP) is 7.82. The zero-order valence-electron chi connectivity index (χ0n) is 24.0. The number of aromatic nitrogens is 1. The molecule has 2 heterocycles. The van der Waals surface area contributed by atoms with Gasteiger partial charge in [0.2, 0.25) is 0 Å². The third-order valence-electron chi connectivity index (χ3n) is 7.73. The zero-order valence-corrected chi connectivity index (χ0v) is 24.8. The molecule has 214 valence electrons. The van der Waals surface area contributed by atoms with Gasteiger partial charge in [-0.3, -0.25) is 14.3 Å². The molecule has 0 radical (unpaired) electrons. The van der Waals surface area contributed by atoms with Gasteiger partial charge < -0.3 is 9.47 Å². The summed E-state index contributed by atoms with van der Waals surface area (Å²) in [6, 6.07) is 25.1.